The van der Waals surface area contributed by atoms with Gasteiger partial charge in [-0.15, -0.1) is 10.2 Å². The Labute approximate surface area is 170 Å². The number of aromatic nitrogens is 3. The molecule has 144 valence electrons. The molecule has 2 aromatic carbocycles. The van der Waals surface area contributed by atoms with Gasteiger partial charge in [0.1, 0.15) is 12.4 Å². The molecule has 1 aromatic heterocycles. The summed E-state index contributed by atoms with van der Waals surface area (Å²) < 4.78 is 8.03. The van der Waals surface area contributed by atoms with Crippen LogP contribution in [0.25, 0.3) is 0 Å². The highest BCUT2D eigenvalue weighted by molar-refractivity contribution is 8.00. The van der Waals surface area contributed by atoms with Crippen molar-refractivity contribution >= 4 is 11.8 Å². The van der Waals surface area contributed by atoms with Crippen LogP contribution in [0.1, 0.15) is 43.8 Å². The average Bonchev–Trinajstić information content (AvgIpc) is 3.14. The first-order valence-corrected chi connectivity index (χ1v) is 10.3. The summed E-state index contributed by atoms with van der Waals surface area (Å²) in [7, 11) is 0. The molecule has 0 saturated carbocycles. The quantitative estimate of drug-likeness (QED) is 0.503. The molecule has 0 aliphatic heterocycles. The highest BCUT2D eigenvalue weighted by Gasteiger charge is 2.21. The normalized spacial score (nSPS) is 12.9. The average molecular weight is 393 g/mol. The SMILES string of the molecule is CCc1ccc(OCc2nnc(S[C@@H](C)C#N)n2[C@H](C)c2ccccc2)cc1. The van der Waals surface area contributed by atoms with Gasteiger partial charge >= 0.3 is 0 Å². The summed E-state index contributed by atoms with van der Waals surface area (Å²) >= 11 is 1.41. The Morgan fingerprint density at radius 2 is 1.79 bits per heavy atom. The third-order valence-electron chi connectivity index (χ3n) is 4.57. The molecule has 28 heavy (non-hydrogen) atoms. The van der Waals surface area contributed by atoms with E-state index in [1.165, 1.54) is 17.3 Å². The molecule has 0 N–H and O–H groups in total. The van der Waals surface area contributed by atoms with Crippen molar-refractivity contribution in [1.82, 2.24) is 14.8 Å². The second-order valence-corrected chi connectivity index (χ2v) is 7.84. The molecule has 1 heterocycles. The van der Waals surface area contributed by atoms with E-state index in [1.54, 1.807) is 0 Å². The standard InChI is InChI=1S/C22H24N4OS/c1-4-18-10-12-20(13-11-18)27-15-21-24-25-22(28-16(2)14-23)26(21)17(3)19-8-6-5-7-9-19/h5-13,16-17H,4,15H2,1-3H3/t16-,17+/m0/s1. The van der Waals surface area contributed by atoms with Crippen molar-refractivity contribution < 1.29 is 4.74 Å². The predicted molar refractivity (Wildman–Crippen MR) is 111 cm³/mol. The van der Waals surface area contributed by atoms with Crippen molar-refractivity contribution in [2.24, 2.45) is 0 Å². The van der Waals surface area contributed by atoms with Gasteiger partial charge in [-0.2, -0.15) is 5.26 Å². The monoisotopic (exact) mass is 392 g/mol. The minimum Gasteiger partial charge on any atom is -0.486 e. The topological polar surface area (TPSA) is 63.7 Å². The van der Waals surface area contributed by atoms with E-state index >= 15 is 0 Å². The molecule has 5 nitrogen and oxygen atoms in total. The molecule has 0 aliphatic rings. The Kier molecular flexibility index (Phi) is 6.72. The maximum atomic E-state index is 9.19. The lowest BCUT2D eigenvalue weighted by molar-refractivity contribution is 0.285. The van der Waals surface area contributed by atoms with Gasteiger partial charge in [0.15, 0.2) is 11.0 Å². The first kappa shape index (κ1) is 20.0. The molecule has 0 amide bonds. The van der Waals surface area contributed by atoms with Gasteiger partial charge in [0.25, 0.3) is 0 Å². The molecule has 2 atom stereocenters. The number of benzene rings is 2. The molecule has 0 fully saturated rings. The van der Waals surface area contributed by atoms with Crippen LogP contribution in [-0.2, 0) is 13.0 Å². The van der Waals surface area contributed by atoms with E-state index in [9.17, 15) is 5.26 Å². The largest absolute Gasteiger partial charge is 0.486 e. The molecule has 0 aliphatic carbocycles. The number of nitrogens with zero attached hydrogens (tertiary/aromatic N) is 4. The van der Waals surface area contributed by atoms with Crippen LogP contribution in [-0.4, -0.2) is 20.0 Å². The van der Waals surface area contributed by atoms with Crippen molar-refractivity contribution in [3.63, 3.8) is 0 Å². The van der Waals surface area contributed by atoms with Crippen LogP contribution >= 0.6 is 11.8 Å². The maximum absolute atomic E-state index is 9.19. The fourth-order valence-corrected chi connectivity index (χ4v) is 3.74. The Morgan fingerprint density at radius 3 is 2.43 bits per heavy atom. The Morgan fingerprint density at radius 1 is 1.07 bits per heavy atom. The van der Waals surface area contributed by atoms with Gasteiger partial charge in [-0.1, -0.05) is 61.2 Å². The van der Waals surface area contributed by atoms with Gasteiger partial charge in [-0.3, -0.25) is 4.57 Å². The third-order valence-corrected chi connectivity index (χ3v) is 5.52. The van der Waals surface area contributed by atoms with Gasteiger partial charge in [0.2, 0.25) is 0 Å². The van der Waals surface area contributed by atoms with Gasteiger partial charge in [-0.25, -0.2) is 0 Å². The molecular weight excluding hydrogens is 368 g/mol. The highest BCUT2D eigenvalue weighted by Crippen LogP contribution is 2.29. The lowest BCUT2D eigenvalue weighted by Crippen LogP contribution is -2.14. The smallest absolute Gasteiger partial charge is 0.193 e. The van der Waals surface area contributed by atoms with Gasteiger partial charge in [0.05, 0.1) is 17.4 Å². The predicted octanol–water partition coefficient (Wildman–Crippen LogP) is 5.03. The van der Waals surface area contributed by atoms with Crippen LogP contribution in [0.3, 0.4) is 0 Å². The van der Waals surface area contributed by atoms with E-state index in [2.05, 4.69) is 58.9 Å². The van der Waals surface area contributed by atoms with Gasteiger partial charge in [-0.05, 0) is 43.5 Å². The molecule has 3 aromatic rings. The Hall–Kier alpha value is -2.78. The first-order chi connectivity index (χ1) is 13.6. The van der Waals surface area contributed by atoms with E-state index in [0.29, 0.717) is 6.61 Å². The van der Waals surface area contributed by atoms with E-state index in [1.807, 2.05) is 37.3 Å². The number of hydrogen-bond donors (Lipinski definition) is 0. The van der Waals surface area contributed by atoms with Crippen molar-refractivity contribution in [2.45, 2.75) is 50.2 Å². The Bertz CT molecular complexity index is 931. The molecule has 0 unspecified atom stereocenters. The molecule has 3 rings (SSSR count). The van der Waals surface area contributed by atoms with Crippen LogP contribution in [0.4, 0.5) is 0 Å². The third kappa shape index (κ3) is 4.73. The fraction of sp³-hybridized carbons (Fsp3) is 0.318. The van der Waals surface area contributed by atoms with Crippen LogP contribution in [0.2, 0.25) is 0 Å². The van der Waals surface area contributed by atoms with Crippen molar-refractivity contribution in [3.8, 4) is 11.8 Å². The number of nitriles is 1. The molecule has 0 saturated heterocycles. The van der Waals surface area contributed by atoms with Crippen LogP contribution < -0.4 is 4.74 Å². The molecule has 0 radical (unpaired) electrons. The lowest BCUT2D eigenvalue weighted by Gasteiger charge is -2.19. The fourth-order valence-electron chi connectivity index (χ4n) is 2.91. The zero-order valence-electron chi connectivity index (χ0n) is 16.4. The van der Waals surface area contributed by atoms with Crippen molar-refractivity contribution in [2.75, 3.05) is 0 Å². The van der Waals surface area contributed by atoms with E-state index in [4.69, 9.17) is 4.74 Å². The van der Waals surface area contributed by atoms with Crippen LogP contribution in [0, 0.1) is 11.3 Å². The van der Waals surface area contributed by atoms with Crippen molar-refractivity contribution in [3.05, 3.63) is 71.5 Å². The zero-order valence-corrected chi connectivity index (χ0v) is 17.2. The van der Waals surface area contributed by atoms with E-state index in [0.717, 1.165) is 28.7 Å². The summed E-state index contributed by atoms with van der Waals surface area (Å²) in [6.07, 6.45) is 1.00. The summed E-state index contributed by atoms with van der Waals surface area (Å²) in [6.45, 7) is 6.42. The summed E-state index contributed by atoms with van der Waals surface area (Å²) in [4.78, 5) is 0. The number of aryl methyl sites for hydroxylation is 1. The molecule has 6 heteroatoms. The lowest BCUT2D eigenvalue weighted by atomic mass is 10.1. The summed E-state index contributed by atoms with van der Waals surface area (Å²) in [5.74, 6) is 1.54. The summed E-state index contributed by atoms with van der Waals surface area (Å²) in [6, 6.07) is 20.6. The summed E-state index contributed by atoms with van der Waals surface area (Å²) in [5, 5.41) is 18.4. The minimum absolute atomic E-state index is 0.0330. The molecule has 0 bridgehead atoms. The van der Waals surface area contributed by atoms with Crippen molar-refractivity contribution in [1.29, 1.82) is 5.26 Å². The van der Waals surface area contributed by atoms with Crippen LogP contribution in [0.15, 0.2) is 59.8 Å². The second-order valence-electron chi connectivity index (χ2n) is 6.53. The van der Waals surface area contributed by atoms with Crippen LogP contribution in [0.5, 0.6) is 5.75 Å². The number of ether oxygens (including phenoxy) is 1. The number of thioether (sulfide) groups is 1. The molecule has 0 spiro atoms. The van der Waals surface area contributed by atoms with Gasteiger partial charge in [0, 0.05) is 0 Å². The number of hydrogen-bond acceptors (Lipinski definition) is 5. The minimum atomic E-state index is -0.207. The first-order valence-electron chi connectivity index (χ1n) is 9.39. The van der Waals surface area contributed by atoms with Gasteiger partial charge < -0.3 is 4.74 Å². The Balaban J connectivity index is 1.86. The maximum Gasteiger partial charge on any atom is 0.193 e. The molecular formula is C22H24N4OS. The zero-order chi connectivity index (χ0) is 19.9. The second kappa shape index (κ2) is 9.43. The van der Waals surface area contributed by atoms with E-state index in [-0.39, 0.29) is 11.3 Å². The highest BCUT2D eigenvalue weighted by atomic mass is 32.2. The van der Waals surface area contributed by atoms with E-state index < -0.39 is 0 Å². The number of rotatable bonds is 8. The summed E-state index contributed by atoms with van der Waals surface area (Å²) in [5.41, 5.74) is 2.43.